The van der Waals surface area contributed by atoms with Crippen LogP contribution in [0, 0.1) is 4.91 Å². The molecule has 0 aliphatic rings. The van der Waals surface area contributed by atoms with E-state index < -0.39 is 24.2 Å². The van der Waals surface area contributed by atoms with Crippen molar-refractivity contribution in [3.05, 3.63) is 40.8 Å². The van der Waals surface area contributed by atoms with Gasteiger partial charge in [0.15, 0.2) is 0 Å². The van der Waals surface area contributed by atoms with Gasteiger partial charge in [0.2, 0.25) is 6.23 Å². The maximum Gasteiger partial charge on any atom is 0.339 e. The van der Waals surface area contributed by atoms with Crippen molar-refractivity contribution >= 4 is 11.9 Å². The predicted octanol–water partition coefficient (Wildman–Crippen LogP) is 1.54. The topological polar surface area (TPSA) is 120 Å². The Bertz CT molecular complexity index is 524. The first-order valence-electron chi connectivity index (χ1n) is 7.77. The lowest BCUT2D eigenvalue weighted by atomic mass is 10.1. The molecule has 0 fully saturated rings. The Hall–Kier alpha value is -2.32. The van der Waals surface area contributed by atoms with E-state index in [1.807, 2.05) is 0 Å². The van der Waals surface area contributed by atoms with Gasteiger partial charge in [0, 0.05) is 0 Å². The van der Waals surface area contributed by atoms with E-state index in [-0.39, 0.29) is 6.73 Å². The molecule has 0 amide bonds. The minimum absolute atomic E-state index is 0.154. The van der Waals surface area contributed by atoms with E-state index in [1.165, 1.54) is 6.92 Å². The van der Waals surface area contributed by atoms with Gasteiger partial charge in [-0.25, -0.2) is 4.79 Å². The number of benzene rings is 1. The zero-order valence-corrected chi connectivity index (χ0v) is 13.6. The van der Waals surface area contributed by atoms with Crippen LogP contribution in [-0.2, 0) is 14.3 Å². The van der Waals surface area contributed by atoms with Crippen molar-refractivity contribution in [2.24, 2.45) is 10.9 Å². The van der Waals surface area contributed by atoms with E-state index >= 15 is 0 Å². The van der Waals surface area contributed by atoms with Crippen molar-refractivity contribution in [3.8, 4) is 0 Å². The minimum Gasteiger partial charge on any atom is -0.446 e. The maximum atomic E-state index is 12.0. The highest BCUT2D eigenvalue weighted by Gasteiger charge is 2.22. The Labute approximate surface area is 140 Å². The maximum absolute atomic E-state index is 12.0. The summed E-state index contributed by atoms with van der Waals surface area (Å²) in [6, 6.07) is 7.81. The Morgan fingerprint density at radius 3 is 2.58 bits per heavy atom. The van der Waals surface area contributed by atoms with Gasteiger partial charge in [0.1, 0.15) is 12.8 Å². The lowest BCUT2D eigenvalue weighted by Gasteiger charge is -2.18. The van der Waals surface area contributed by atoms with Gasteiger partial charge in [-0.3, -0.25) is 10.1 Å². The Balaban J connectivity index is 2.49. The monoisotopic (exact) mass is 337 g/mol. The molecule has 0 saturated heterocycles. The highest BCUT2D eigenvalue weighted by molar-refractivity contribution is 5.89. The molecule has 1 rings (SSSR count). The first-order valence-corrected chi connectivity index (χ1v) is 7.77. The molecule has 0 aliphatic heterocycles. The quantitative estimate of drug-likeness (QED) is 0.272. The van der Waals surface area contributed by atoms with Gasteiger partial charge in [-0.15, -0.1) is 4.91 Å². The molecular weight excluding hydrogens is 314 g/mol. The van der Waals surface area contributed by atoms with Gasteiger partial charge in [-0.1, -0.05) is 24.6 Å². The Morgan fingerprint density at radius 2 is 1.96 bits per heavy atom. The molecule has 0 saturated carbocycles. The van der Waals surface area contributed by atoms with Crippen LogP contribution in [0.25, 0.3) is 0 Å². The Kier molecular flexibility index (Phi) is 9.25. The van der Waals surface area contributed by atoms with E-state index in [0.717, 1.165) is 6.42 Å². The number of unbranched alkanes of at least 4 members (excludes halogenated alkanes) is 1. The molecule has 132 valence electrons. The van der Waals surface area contributed by atoms with Crippen LogP contribution in [0.3, 0.4) is 0 Å². The summed E-state index contributed by atoms with van der Waals surface area (Å²) in [5.74, 6) is -1.12. The number of rotatable bonds is 11. The van der Waals surface area contributed by atoms with Gasteiger partial charge in [0.05, 0.1) is 5.56 Å². The highest BCUT2D eigenvalue weighted by Crippen LogP contribution is 2.06. The molecule has 8 nitrogen and oxygen atoms in total. The number of carbonyl (C=O) groups excluding carboxylic acids is 2. The minimum atomic E-state index is -1.07. The van der Waals surface area contributed by atoms with Crippen molar-refractivity contribution < 1.29 is 19.1 Å². The number of ether oxygens (including phenoxy) is 2. The van der Waals surface area contributed by atoms with Crippen LogP contribution in [0.2, 0.25) is 0 Å². The second kappa shape index (κ2) is 11.3. The van der Waals surface area contributed by atoms with E-state index in [4.69, 9.17) is 15.2 Å². The molecule has 1 unspecified atom stereocenters. The van der Waals surface area contributed by atoms with Crippen molar-refractivity contribution in [2.75, 3.05) is 13.3 Å². The summed E-state index contributed by atoms with van der Waals surface area (Å²) < 4.78 is 9.96. The number of nitrogens with two attached hydrogens (primary N) is 1. The fraction of sp³-hybridized carbons (Fsp3) is 0.500. The summed E-state index contributed by atoms with van der Waals surface area (Å²) >= 11 is 0. The fourth-order valence-corrected chi connectivity index (χ4v) is 1.93. The molecule has 8 heteroatoms. The zero-order valence-electron chi connectivity index (χ0n) is 13.6. The van der Waals surface area contributed by atoms with E-state index in [0.29, 0.717) is 24.9 Å². The predicted molar refractivity (Wildman–Crippen MR) is 87.9 cm³/mol. The lowest BCUT2D eigenvalue weighted by Crippen LogP contribution is -2.40. The summed E-state index contributed by atoms with van der Waals surface area (Å²) in [6.07, 6.45) is 0.822. The van der Waals surface area contributed by atoms with Crippen LogP contribution >= 0.6 is 0 Å². The molecule has 0 aromatic heterocycles. The summed E-state index contributed by atoms with van der Waals surface area (Å²) in [7, 11) is 0. The van der Waals surface area contributed by atoms with Crippen LogP contribution in [0.5, 0.6) is 0 Å². The molecule has 0 heterocycles. The molecule has 1 aromatic rings. The van der Waals surface area contributed by atoms with E-state index in [1.54, 1.807) is 30.3 Å². The zero-order chi connectivity index (χ0) is 17.8. The molecule has 0 aliphatic carbocycles. The van der Waals surface area contributed by atoms with Gasteiger partial charge in [-0.05, 0) is 43.6 Å². The van der Waals surface area contributed by atoms with Crippen molar-refractivity contribution in [1.82, 2.24) is 5.32 Å². The molecule has 3 N–H and O–H groups in total. The van der Waals surface area contributed by atoms with Crippen molar-refractivity contribution in [1.29, 1.82) is 0 Å². The molecule has 0 radical (unpaired) electrons. The van der Waals surface area contributed by atoms with Crippen LogP contribution in [-0.4, -0.2) is 37.5 Å². The number of esters is 2. The lowest BCUT2D eigenvalue weighted by molar-refractivity contribution is -0.151. The van der Waals surface area contributed by atoms with Crippen molar-refractivity contribution in [3.63, 3.8) is 0 Å². The normalized spacial score (nSPS) is 12.9. The SMILES string of the molecule is CC(N=O)OC(=O)[C@H](CCCCN)NCOC(=O)c1ccccc1. The smallest absolute Gasteiger partial charge is 0.339 e. The molecule has 1 aromatic carbocycles. The van der Waals surface area contributed by atoms with Gasteiger partial charge < -0.3 is 15.2 Å². The number of nitroso groups, excluding NO2 is 1. The van der Waals surface area contributed by atoms with Crippen LogP contribution in [0.4, 0.5) is 0 Å². The van der Waals surface area contributed by atoms with Crippen LogP contribution < -0.4 is 11.1 Å². The third-order valence-corrected chi connectivity index (χ3v) is 3.21. The number of nitrogens with one attached hydrogen (secondary N) is 1. The largest absolute Gasteiger partial charge is 0.446 e. The third-order valence-electron chi connectivity index (χ3n) is 3.21. The van der Waals surface area contributed by atoms with Crippen LogP contribution in [0.15, 0.2) is 35.5 Å². The number of hydrogen-bond donors (Lipinski definition) is 2. The van der Waals surface area contributed by atoms with E-state index in [2.05, 4.69) is 10.5 Å². The first kappa shape index (κ1) is 19.7. The standard InChI is InChI=1S/C16H23N3O5/c1-12(19-22)24-16(21)14(9-5-6-10-17)18-11-23-15(20)13-7-3-2-4-8-13/h2-4,7-8,12,14,18H,5-6,9-11,17H2,1H3/t12?,14-/m0/s1. The fourth-order valence-electron chi connectivity index (χ4n) is 1.93. The third kappa shape index (κ3) is 7.30. The van der Waals surface area contributed by atoms with Crippen LogP contribution in [0.1, 0.15) is 36.5 Å². The summed E-state index contributed by atoms with van der Waals surface area (Å²) in [5, 5.41) is 5.44. The molecular formula is C16H23N3O5. The number of hydrogen-bond acceptors (Lipinski definition) is 8. The highest BCUT2D eigenvalue weighted by atomic mass is 16.6. The molecule has 2 atom stereocenters. The summed E-state index contributed by atoms with van der Waals surface area (Å²) in [4.78, 5) is 34.2. The van der Waals surface area contributed by atoms with Crippen molar-refractivity contribution in [2.45, 2.75) is 38.5 Å². The molecule has 0 bridgehead atoms. The summed E-state index contributed by atoms with van der Waals surface area (Å²) in [6.45, 7) is 1.73. The first-order chi connectivity index (χ1) is 11.6. The second-order valence-electron chi connectivity index (χ2n) is 5.12. The van der Waals surface area contributed by atoms with Gasteiger partial charge in [-0.2, -0.15) is 0 Å². The summed E-state index contributed by atoms with van der Waals surface area (Å²) in [5.41, 5.74) is 5.85. The van der Waals surface area contributed by atoms with Gasteiger partial charge in [0.25, 0.3) is 0 Å². The van der Waals surface area contributed by atoms with Gasteiger partial charge >= 0.3 is 11.9 Å². The number of nitrogens with zero attached hydrogens (tertiary/aromatic N) is 1. The molecule has 24 heavy (non-hydrogen) atoms. The van der Waals surface area contributed by atoms with E-state index in [9.17, 15) is 14.5 Å². The Morgan fingerprint density at radius 1 is 1.25 bits per heavy atom. The average Bonchev–Trinajstić information content (AvgIpc) is 2.60. The second-order valence-corrected chi connectivity index (χ2v) is 5.12. The average molecular weight is 337 g/mol. The molecule has 0 spiro atoms. The number of carbonyl (C=O) groups is 2.